The van der Waals surface area contributed by atoms with Gasteiger partial charge in [-0.1, -0.05) is 23.8 Å². The van der Waals surface area contributed by atoms with Gasteiger partial charge in [-0.25, -0.2) is 9.97 Å². The van der Waals surface area contributed by atoms with Crippen molar-refractivity contribution in [1.29, 1.82) is 0 Å². The number of benzene rings is 1. The molecule has 6 nitrogen and oxygen atoms in total. The van der Waals surface area contributed by atoms with Crippen molar-refractivity contribution in [3.63, 3.8) is 0 Å². The van der Waals surface area contributed by atoms with Crippen LogP contribution in [0.15, 0.2) is 41.3 Å². The van der Waals surface area contributed by atoms with Crippen LogP contribution in [-0.2, 0) is 13.1 Å². The molecule has 0 bridgehead atoms. The third-order valence-corrected chi connectivity index (χ3v) is 4.18. The molecule has 3 aromatic rings. The minimum Gasteiger partial charge on any atom is -0.346 e. The van der Waals surface area contributed by atoms with Crippen molar-refractivity contribution >= 4 is 17.1 Å². The predicted molar refractivity (Wildman–Crippen MR) is 96.6 cm³/mol. The van der Waals surface area contributed by atoms with Gasteiger partial charge in [0.2, 0.25) is 0 Å². The Morgan fingerprint density at radius 2 is 2.04 bits per heavy atom. The molecule has 2 heterocycles. The number of amides is 1. The van der Waals surface area contributed by atoms with Gasteiger partial charge in [-0.2, -0.15) is 0 Å². The molecule has 1 amide bonds. The Bertz CT molecular complexity index is 1010. The zero-order chi connectivity index (χ0) is 18.0. The van der Waals surface area contributed by atoms with E-state index in [1.54, 1.807) is 18.3 Å². The van der Waals surface area contributed by atoms with Crippen molar-refractivity contribution in [1.82, 2.24) is 19.9 Å². The molecule has 1 aromatic carbocycles. The molecule has 0 radical (unpaired) electrons. The Morgan fingerprint density at radius 3 is 2.80 bits per heavy atom. The second-order valence-electron chi connectivity index (χ2n) is 5.97. The first-order valence-corrected chi connectivity index (χ1v) is 8.21. The molecule has 25 heavy (non-hydrogen) atoms. The first-order chi connectivity index (χ1) is 12.0. The molecule has 128 valence electrons. The van der Waals surface area contributed by atoms with Gasteiger partial charge in [0.05, 0.1) is 0 Å². The molecule has 0 atom stereocenters. The summed E-state index contributed by atoms with van der Waals surface area (Å²) in [5.74, 6) is -0.473. The summed E-state index contributed by atoms with van der Waals surface area (Å²) >= 11 is 0. The lowest BCUT2D eigenvalue weighted by Gasteiger charge is -2.11. The number of nitrogens with zero attached hydrogens (tertiary/aromatic N) is 3. The van der Waals surface area contributed by atoms with Crippen molar-refractivity contribution in [3.05, 3.63) is 69.3 Å². The summed E-state index contributed by atoms with van der Waals surface area (Å²) in [5, 5.41) is 2.80. The van der Waals surface area contributed by atoms with Gasteiger partial charge in [0.1, 0.15) is 5.52 Å². The maximum atomic E-state index is 12.6. The summed E-state index contributed by atoms with van der Waals surface area (Å²) in [7, 11) is 0. The van der Waals surface area contributed by atoms with Gasteiger partial charge in [-0.05, 0) is 44.0 Å². The Hall–Kier alpha value is -3.02. The molecule has 2 aromatic heterocycles. The summed E-state index contributed by atoms with van der Waals surface area (Å²) in [6.45, 7) is 6.61. The number of hydrogen-bond donors (Lipinski definition) is 1. The maximum absolute atomic E-state index is 12.6. The number of carbonyl (C=O) groups excluding carboxylic acids is 1. The quantitative estimate of drug-likeness (QED) is 0.793. The highest BCUT2D eigenvalue weighted by Crippen LogP contribution is 2.11. The van der Waals surface area contributed by atoms with Crippen LogP contribution in [0.1, 0.15) is 34.1 Å². The number of hydrogen-bond acceptors (Lipinski definition) is 4. The number of rotatable bonds is 4. The first kappa shape index (κ1) is 16.8. The molecule has 1 N–H and O–H groups in total. The smallest absolute Gasteiger partial charge is 0.283 e. The molecular weight excluding hydrogens is 316 g/mol. The van der Waals surface area contributed by atoms with E-state index >= 15 is 0 Å². The van der Waals surface area contributed by atoms with Gasteiger partial charge in [-0.3, -0.25) is 14.2 Å². The van der Waals surface area contributed by atoms with E-state index in [0.717, 1.165) is 16.7 Å². The van der Waals surface area contributed by atoms with Crippen molar-refractivity contribution in [2.45, 2.75) is 33.9 Å². The zero-order valence-corrected chi connectivity index (χ0v) is 14.5. The van der Waals surface area contributed by atoms with Crippen molar-refractivity contribution in [3.8, 4) is 0 Å². The highest BCUT2D eigenvalue weighted by atomic mass is 16.2. The topological polar surface area (TPSA) is 76.9 Å². The number of aromatic nitrogens is 3. The van der Waals surface area contributed by atoms with E-state index in [9.17, 15) is 9.59 Å². The van der Waals surface area contributed by atoms with Gasteiger partial charge >= 0.3 is 0 Å². The minimum absolute atomic E-state index is 0.104. The van der Waals surface area contributed by atoms with E-state index in [-0.39, 0.29) is 5.69 Å². The van der Waals surface area contributed by atoms with Crippen molar-refractivity contribution < 1.29 is 4.79 Å². The lowest BCUT2D eigenvalue weighted by Crippen LogP contribution is -2.34. The van der Waals surface area contributed by atoms with Gasteiger partial charge in [-0.15, -0.1) is 0 Å². The highest BCUT2D eigenvalue weighted by Gasteiger charge is 2.17. The molecule has 0 fully saturated rings. The Morgan fingerprint density at radius 1 is 1.24 bits per heavy atom. The molecule has 0 spiro atoms. The van der Waals surface area contributed by atoms with Crippen LogP contribution in [0.2, 0.25) is 0 Å². The number of carbonyl (C=O) groups is 1. The average Bonchev–Trinajstić information content (AvgIpc) is 2.61. The fraction of sp³-hybridized carbons (Fsp3) is 0.263. The SMILES string of the molecule is CCn1c(=O)c(C(=O)NCc2cc(C)ccc2C)nc2cccnc21. The molecule has 0 saturated heterocycles. The molecular formula is C19H20N4O2. The predicted octanol–water partition coefficient (Wildman–Crippen LogP) is 2.36. The number of aryl methyl sites for hydroxylation is 3. The van der Waals surface area contributed by atoms with Crippen LogP contribution in [0.25, 0.3) is 11.2 Å². The molecule has 0 aliphatic rings. The van der Waals surface area contributed by atoms with E-state index in [2.05, 4.69) is 15.3 Å². The van der Waals surface area contributed by atoms with Crippen LogP contribution in [-0.4, -0.2) is 20.4 Å². The van der Waals surface area contributed by atoms with Crippen molar-refractivity contribution in [2.75, 3.05) is 0 Å². The third-order valence-electron chi connectivity index (χ3n) is 4.18. The molecule has 0 unspecified atom stereocenters. The second-order valence-corrected chi connectivity index (χ2v) is 5.97. The number of fused-ring (bicyclic) bond motifs is 1. The summed E-state index contributed by atoms with van der Waals surface area (Å²) in [4.78, 5) is 33.6. The fourth-order valence-corrected chi connectivity index (χ4v) is 2.77. The molecule has 0 saturated carbocycles. The summed E-state index contributed by atoms with van der Waals surface area (Å²) < 4.78 is 1.47. The van der Waals surface area contributed by atoms with Crippen LogP contribution < -0.4 is 10.9 Å². The average molecular weight is 336 g/mol. The van der Waals surface area contributed by atoms with E-state index in [4.69, 9.17) is 0 Å². The molecule has 3 rings (SSSR count). The first-order valence-electron chi connectivity index (χ1n) is 8.21. The summed E-state index contributed by atoms with van der Waals surface area (Å²) in [6, 6.07) is 9.55. The molecule has 0 aliphatic carbocycles. The van der Waals surface area contributed by atoms with E-state index in [1.807, 2.05) is 39.0 Å². The normalized spacial score (nSPS) is 10.8. The van der Waals surface area contributed by atoms with E-state index in [1.165, 1.54) is 4.57 Å². The molecule has 6 heteroatoms. The van der Waals surface area contributed by atoms with Crippen LogP contribution in [0.3, 0.4) is 0 Å². The zero-order valence-electron chi connectivity index (χ0n) is 14.5. The van der Waals surface area contributed by atoms with Gasteiger partial charge < -0.3 is 5.32 Å². The van der Waals surface area contributed by atoms with E-state index in [0.29, 0.717) is 24.3 Å². The lowest BCUT2D eigenvalue weighted by atomic mass is 10.1. The second kappa shape index (κ2) is 6.84. The van der Waals surface area contributed by atoms with E-state index < -0.39 is 11.5 Å². The lowest BCUT2D eigenvalue weighted by molar-refractivity contribution is 0.0944. The number of pyridine rings is 1. The Kier molecular flexibility index (Phi) is 4.61. The Labute approximate surface area is 145 Å². The van der Waals surface area contributed by atoms with Crippen molar-refractivity contribution in [2.24, 2.45) is 0 Å². The third kappa shape index (κ3) is 3.28. The Balaban J connectivity index is 1.93. The maximum Gasteiger partial charge on any atom is 0.283 e. The summed E-state index contributed by atoms with van der Waals surface area (Å²) in [6.07, 6.45) is 1.61. The minimum atomic E-state index is -0.473. The largest absolute Gasteiger partial charge is 0.346 e. The van der Waals surface area contributed by atoms with Gasteiger partial charge in [0.25, 0.3) is 11.5 Å². The number of nitrogens with one attached hydrogen (secondary N) is 1. The van der Waals surface area contributed by atoms with Crippen LogP contribution in [0, 0.1) is 13.8 Å². The monoisotopic (exact) mass is 336 g/mol. The van der Waals surface area contributed by atoms with Gasteiger partial charge in [0.15, 0.2) is 11.3 Å². The standard InChI is InChI=1S/C19H20N4O2/c1-4-23-17-15(6-5-9-20-17)22-16(19(23)25)18(24)21-11-14-10-12(2)7-8-13(14)3/h5-10H,4,11H2,1-3H3,(H,21,24). The fourth-order valence-electron chi connectivity index (χ4n) is 2.77. The van der Waals surface area contributed by atoms with Crippen LogP contribution in [0.4, 0.5) is 0 Å². The highest BCUT2D eigenvalue weighted by molar-refractivity contribution is 5.93. The van der Waals surface area contributed by atoms with Crippen LogP contribution in [0.5, 0.6) is 0 Å². The molecule has 0 aliphatic heterocycles. The van der Waals surface area contributed by atoms with Crippen LogP contribution >= 0.6 is 0 Å². The van der Waals surface area contributed by atoms with Gasteiger partial charge in [0, 0.05) is 19.3 Å². The summed E-state index contributed by atoms with van der Waals surface area (Å²) in [5.41, 5.74) is 3.72.